The van der Waals surface area contributed by atoms with E-state index in [4.69, 9.17) is 29.0 Å². The predicted octanol–water partition coefficient (Wildman–Crippen LogP) is 0.761. The summed E-state index contributed by atoms with van der Waals surface area (Å²) in [5.74, 6) is 0. The Balaban J connectivity index is 0. The third kappa shape index (κ3) is 56.7. The number of halogens is 2. The van der Waals surface area contributed by atoms with Crippen molar-refractivity contribution in [2.45, 2.75) is 0 Å². The standard InChI is InChI=1S/C2H2O2.2ClH.Zn/c3-1-2-4;;;/h1-2H;2*1H;/q;;;+2/p-2. The molecule has 0 unspecified atom stereocenters. The molecule has 0 N–H and O–H groups in total. The average Bonchev–Trinajstić information content (AvgIpc) is 1.69. The zero-order valence-corrected chi connectivity index (χ0v) is 7.91. The molecule has 0 aromatic heterocycles. The molecule has 2 nitrogen and oxygen atoms in total. The summed E-state index contributed by atoms with van der Waals surface area (Å²) in [6, 6.07) is 0. The van der Waals surface area contributed by atoms with Crippen LogP contribution in [0.1, 0.15) is 0 Å². The van der Waals surface area contributed by atoms with Crippen LogP contribution in [-0.4, -0.2) is 12.6 Å². The second kappa shape index (κ2) is 16.0. The Hall–Kier alpha value is 0.543. The Morgan fingerprint density at radius 1 is 1.14 bits per heavy atom. The van der Waals surface area contributed by atoms with Crippen LogP contribution in [-0.2, 0) is 24.7 Å². The molecule has 0 atom stereocenters. The van der Waals surface area contributed by atoms with Gasteiger partial charge in [-0.2, -0.15) is 0 Å². The average molecular weight is 194 g/mol. The van der Waals surface area contributed by atoms with Crippen molar-refractivity contribution in [2.24, 2.45) is 0 Å². The van der Waals surface area contributed by atoms with Gasteiger partial charge >= 0.3 is 34.5 Å². The molecule has 0 heterocycles. The Labute approximate surface area is 56.9 Å². The van der Waals surface area contributed by atoms with Crippen molar-refractivity contribution in [3.63, 3.8) is 0 Å². The van der Waals surface area contributed by atoms with Gasteiger partial charge in [0.05, 0.1) is 0 Å². The Morgan fingerprint density at radius 3 is 1.29 bits per heavy atom. The maximum absolute atomic E-state index is 8.81. The number of carbonyl (C=O) groups is 2. The zero-order valence-electron chi connectivity index (χ0n) is 3.43. The van der Waals surface area contributed by atoms with E-state index >= 15 is 0 Å². The first-order chi connectivity index (χ1) is 3.33. The molecular weight excluding hydrogens is 192 g/mol. The van der Waals surface area contributed by atoms with Crippen molar-refractivity contribution in [1.29, 1.82) is 0 Å². The molecule has 0 aromatic rings. The summed E-state index contributed by atoms with van der Waals surface area (Å²) >= 11 is -0.931. The van der Waals surface area contributed by atoms with E-state index in [0.717, 1.165) is 0 Å². The van der Waals surface area contributed by atoms with E-state index in [1.54, 1.807) is 0 Å². The molecule has 0 saturated carbocycles. The molecule has 0 saturated heterocycles. The van der Waals surface area contributed by atoms with E-state index in [1.807, 2.05) is 0 Å². The maximum atomic E-state index is 8.81. The van der Waals surface area contributed by atoms with E-state index < -0.39 is 15.1 Å². The van der Waals surface area contributed by atoms with E-state index in [1.165, 1.54) is 0 Å². The van der Waals surface area contributed by atoms with Crippen molar-refractivity contribution in [3.05, 3.63) is 0 Å². The van der Waals surface area contributed by atoms with Gasteiger partial charge in [-0.1, -0.05) is 0 Å². The first-order valence-corrected chi connectivity index (χ1v) is 9.14. The summed E-state index contributed by atoms with van der Waals surface area (Å²) in [5, 5.41) is 0. The molecule has 38 valence electrons. The van der Waals surface area contributed by atoms with Crippen LogP contribution < -0.4 is 0 Å². The van der Waals surface area contributed by atoms with E-state index in [-0.39, 0.29) is 12.6 Å². The topological polar surface area (TPSA) is 34.1 Å². The molecule has 0 amide bonds. The second-order valence-corrected chi connectivity index (χ2v) is 5.00. The van der Waals surface area contributed by atoms with Gasteiger partial charge in [-0.05, 0) is 0 Å². The third-order valence-corrected chi connectivity index (χ3v) is 0.0556. The Kier molecular flexibility index (Phi) is 24.0. The molecule has 0 rings (SSSR count). The number of aldehydes is 2. The van der Waals surface area contributed by atoms with Gasteiger partial charge in [0.2, 0.25) is 0 Å². The van der Waals surface area contributed by atoms with Crippen molar-refractivity contribution >= 4 is 32.0 Å². The monoisotopic (exact) mass is 192 g/mol. The zero-order chi connectivity index (χ0) is 6.12. The number of hydrogen-bond acceptors (Lipinski definition) is 2. The fourth-order valence-electron chi connectivity index (χ4n) is 0. The van der Waals surface area contributed by atoms with Crippen LogP contribution in [0.15, 0.2) is 0 Å². The SMILES string of the molecule is O=CC=O.[Cl][Zn][Cl]. The summed E-state index contributed by atoms with van der Waals surface area (Å²) in [7, 11) is 9.90. The van der Waals surface area contributed by atoms with Gasteiger partial charge in [-0.25, -0.2) is 0 Å². The molecule has 0 radical (unpaired) electrons. The second-order valence-electron chi connectivity index (χ2n) is 0.373. The molecule has 5 heteroatoms. The van der Waals surface area contributed by atoms with Crippen LogP contribution in [0.2, 0.25) is 0 Å². The third-order valence-electron chi connectivity index (χ3n) is 0.0556. The van der Waals surface area contributed by atoms with Crippen molar-refractivity contribution in [3.8, 4) is 0 Å². The molecular formula is C2H2Cl2O2Zn. The first-order valence-electron chi connectivity index (χ1n) is 1.34. The fraction of sp³-hybridized carbons (Fsp3) is 0. The summed E-state index contributed by atoms with van der Waals surface area (Å²) in [4.78, 5) is 17.6. The number of rotatable bonds is 1. The van der Waals surface area contributed by atoms with Gasteiger partial charge in [-0.15, -0.1) is 0 Å². The van der Waals surface area contributed by atoms with Crippen molar-refractivity contribution < 1.29 is 24.7 Å². The molecule has 0 aliphatic carbocycles. The van der Waals surface area contributed by atoms with Crippen molar-refractivity contribution in [2.75, 3.05) is 0 Å². The van der Waals surface area contributed by atoms with E-state index in [0.29, 0.717) is 0 Å². The summed E-state index contributed by atoms with van der Waals surface area (Å²) in [5.41, 5.74) is 0. The molecule has 0 bridgehead atoms. The summed E-state index contributed by atoms with van der Waals surface area (Å²) < 4.78 is 0. The van der Waals surface area contributed by atoms with Crippen LogP contribution in [0.4, 0.5) is 0 Å². The van der Waals surface area contributed by atoms with Crippen molar-refractivity contribution in [1.82, 2.24) is 0 Å². The van der Waals surface area contributed by atoms with Gasteiger partial charge in [0.1, 0.15) is 0 Å². The summed E-state index contributed by atoms with van der Waals surface area (Å²) in [6.07, 6.45) is 0.389. The molecule has 0 fully saturated rings. The molecule has 0 spiro atoms. The van der Waals surface area contributed by atoms with Crippen LogP contribution in [0.5, 0.6) is 0 Å². The Bertz CT molecular complexity index is 43.0. The van der Waals surface area contributed by atoms with Gasteiger partial charge in [0.25, 0.3) is 0 Å². The van der Waals surface area contributed by atoms with E-state index in [2.05, 4.69) is 0 Å². The van der Waals surface area contributed by atoms with Gasteiger partial charge in [0, 0.05) is 0 Å². The predicted molar refractivity (Wildman–Crippen MR) is 23.8 cm³/mol. The van der Waals surface area contributed by atoms with Gasteiger partial charge < -0.3 is 0 Å². The van der Waals surface area contributed by atoms with Crippen LogP contribution in [0.3, 0.4) is 0 Å². The Morgan fingerprint density at radius 2 is 1.29 bits per heavy atom. The molecule has 0 aromatic carbocycles. The summed E-state index contributed by atoms with van der Waals surface area (Å²) in [6.45, 7) is 0. The minimum absolute atomic E-state index is 0.194. The fourth-order valence-corrected chi connectivity index (χ4v) is 0. The number of hydrogen-bond donors (Lipinski definition) is 0. The first kappa shape index (κ1) is 10.5. The van der Waals surface area contributed by atoms with Gasteiger partial charge in [-0.3, -0.25) is 9.59 Å². The van der Waals surface area contributed by atoms with Gasteiger partial charge in [0.15, 0.2) is 12.6 Å². The molecule has 7 heavy (non-hydrogen) atoms. The normalized spacial score (nSPS) is 4.29. The molecule has 0 aliphatic rings. The van der Waals surface area contributed by atoms with Crippen LogP contribution in [0, 0.1) is 0 Å². The quantitative estimate of drug-likeness (QED) is 0.351. The van der Waals surface area contributed by atoms with E-state index in [9.17, 15) is 0 Å². The molecule has 0 aliphatic heterocycles. The minimum atomic E-state index is -0.931. The number of carbonyl (C=O) groups excluding carboxylic acids is 2. The van der Waals surface area contributed by atoms with Crippen LogP contribution >= 0.6 is 19.4 Å². The van der Waals surface area contributed by atoms with Crippen LogP contribution in [0.25, 0.3) is 0 Å².